The Bertz CT molecular complexity index is 951. The van der Waals surface area contributed by atoms with Crippen LogP contribution in [-0.2, 0) is 6.54 Å². The molecule has 0 aliphatic rings. The van der Waals surface area contributed by atoms with Crippen LogP contribution in [0, 0.1) is 0 Å². The van der Waals surface area contributed by atoms with Crippen molar-refractivity contribution in [2.75, 3.05) is 11.9 Å². The molecule has 0 saturated carbocycles. The number of anilines is 1. The lowest BCUT2D eigenvalue weighted by molar-refractivity contribution is 0.902. The summed E-state index contributed by atoms with van der Waals surface area (Å²) in [7, 11) is 2.07. The zero-order valence-corrected chi connectivity index (χ0v) is 14.1. The van der Waals surface area contributed by atoms with E-state index in [4.69, 9.17) is 0 Å². The minimum atomic E-state index is 0.815. The third-order valence-electron chi connectivity index (χ3n) is 3.95. The lowest BCUT2D eigenvalue weighted by Gasteiger charge is -2.18. The van der Waals surface area contributed by atoms with Crippen molar-refractivity contribution in [3.63, 3.8) is 0 Å². The average molecular weight is 332 g/mol. The number of thiophene rings is 1. The van der Waals surface area contributed by atoms with Crippen molar-refractivity contribution >= 4 is 27.4 Å². The second-order valence-electron chi connectivity index (χ2n) is 5.60. The van der Waals surface area contributed by atoms with Crippen LogP contribution in [-0.4, -0.2) is 22.0 Å². The Balaban J connectivity index is 1.73. The molecule has 0 radical (unpaired) electrons. The van der Waals surface area contributed by atoms with Gasteiger partial charge < -0.3 is 4.90 Å². The Labute approximate surface area is 144 Å². The summed E-state index contributed by atoms with van der Waals surface area (Å²) >= 11 is 1.69. The first kappa shape index (κ1) is 14.8. The van der Waals surface area contributed by atoms with Gasteiger partial charge in [-0.3, -0.25) is 4.98 Å². The average Bonchev–Trinajstić information content (AvgIpc) is 3.07. The van der Waals surface area contributed by atoms with Gasteiger partial charge in [0.15, 0.2) is 0 Å². The minimum absolute atomic E-state index is 0.815. The molecule has 5 heteroatoms. The molecule has 0 amide bonds. The van der Waals surface area contributed by atoms with Crippen molar-refractivity contribution < 1.29 is 0 Å². The number of aromatic nitrogens is 3. The molecular formula is C19H16N4S. The summed E-state index contributed by atoms with van der Waals surface area (Å²) < 4.78 is 1.11. The maximum Gasteiger partial charge on any atom is 0.150 e. The highest BCUT2D eigenvalue weighted by atomic mass is 32.1. The van der Waals surface area contributed by atoms with Crippen molar-refractivity contribution in [1.82, 2.24) is 15.0 Å². The minimum Gasteiger partial charge on any atom is -0.354 e. The molecule has 4 nitrogen and oxygen atoms in total. The van der Waals surface area contributed by atoms with Gasteiger partial charge in [-0.2, -0.15) is 0 Å². The summed E-state index contributed by atoms with van der Waals surface area (Å²) in [5.74, 6) is 0.967. The molecule has 1 aromatic carbocycles. The molecule has 0 fully saturated rings. The molecule has 4 rings (SSSR count). The van der Waals surface area contributed by atoms with E-state index in [0.717, 1.165) is 33.7 Å². The van der Waals surface area contributed by atoms with Gasteiger partial charge >= 0.3 is 0 Å². The second kappa shape index (κ2) is 6.37. The SMILES string of the molecule is CN(Cc1ccccc1)c1ncnc2c(-c3ccncc3)csc12. The molecule has 3 heterocycles. The van der Waals surface area contributed by atoms with Crippen LogP contribution in [0.2, 0.25) is 0 Å². The number of rotatable bonds is 4. The Morgan fingerprint density at radius 3 is 2.58 bits per heavy atom. The van der Waals surface area contributed by atoms with Crippen LogP contribution in [0.25, 0.3) is 21.3 Å². The van der Waals surface area contributed by atoms with Gasteiger partial charge in [-0.15, -0.1) is 11.3 Å². The molecule has 0 N–H and O–H groups in total. The van der Waals surface area contributed by atoms with E-state index in [1.165, 1.54) is 5.56 Å². The summed E-state index contributed by atoms with van der Waals surface area (Å²) in [5, 5.41) is 2.15. The Morgan fingerprint density at radius 2 is 1.79 bits per heavy atom. The van der Waals surface area contributed by atoms with Gasteiger partial charge in [-0.1, -0.05) is 30.3 Å². The van der Waals surface area contributed by atoms with Gasteiger partial charge in [0.25, 0.3) is 0 Å². The monoisotopic (exact) mass is 332 g/mol. The van der Waals surface area contributed by atoms with Gasteiger partial charge in [0.2, 0.25) is 0 Å². The molecule has 0 unspecified atom stereocenters. The highest BCUT2D eigenvalue weighted by Crippen LogP contribution is 2.36. The summed E-state index contributed by atoms with van der Waals surface area (Å²) in [6, 6.07) is 14.4. The third kappa shape index (κ3) is 2.74. The van der Waals surface area contributed by atoms with Crippen molar-refractivity contribution in [1.29, 1.82) is 0 Å². The highest BCUT2D eigenvalue weighted by Gasteiger charge is 2.14. The van der Waals surface area contributed by atoms with Crippen LogP contribution >= 0.6 is 11.3 Å². The van der Waals surface area contributed by atoms with Crippen LogP contribution in [0.4, 0.5) is 5.82 Å². The Kier molecular flexibility index (Phi) is 3.92. The zero-order chi connectivity index (χ0) is 16.4. The van der Waals surface area contributed by atoms with E-state index in [0.29, 0.717) is 0 Å². The predicted octanol–water partition coefficient (Wildman–Crippen LogP) is 4.39. The summed E-state index contributed by atoms with van der Waals surface area (Å²) in [6.07, 6.45) is 5.27. The number of nitrogens with zero attached hydrogens (tertiary/aromatic N) is 4. The Hall–Kier alpha value is -2.79. The van der Waals surface area contributed by atoms with Gasteiger partial charge in [-0.05, 0) is 23.3 Å². The lowest BCUT2D eigenvalue weighted by Crippen LogP contribution is -2.17. The molecular weight excluding hydrogens is 316 g/mol. The van der Waals surface area contributed by atoms with E-state index in [1.54, 1.807) is 17.7 Å². The first-order valence-electron chi connectivity index (χ1n) is 7.70. The molecule has 0 saturated heterocycles. The number of hydrogen-bond acceptors (Lipinski definition) is 5. The van der Waals surface area contributed by atoms with Gasteiger partial charge in [0.05, 0.1) is 10.2 Å². The van der Waals surface area contributed by atoms with Crippen LogP contribution < -0.4 is 4.90 Å². The summed E-state index contributed by atoms with van der Waals surface area (Å²) in [5.41, 5.74) is 4.52. The largest absolute Gasteiger partial charge is 0.354 e. The first-order chi connectivity index (χ1) is 11.8. The molecule has 118 valence electrons. The maximum atomic E-state index is 4.52. The fraction of sp³-hybridized carbons (Fsp3) is 0.105. The van der Waals surface area contributed by atoms with Gasteiger partial charge in [-0.25, -0.2) is 9.97 Å². The quantitative estimate of drug-likeness (QED) is 0.556. The van der Waals surface area contributed by atoms with E-state index in [9.17, 15) is 0 Å². The van der Waals surface area contributed by atoms with E-state index in [-0.39, 0.29) is 0 Å². The normalized spacial score (nSPS) is 10.9. The van der Waals surface area contributed by atoms with Crippen molar-refractivity contribution in [3.8, 4) is 11.1 Å². The number of hydrogen-bond donors (Lipinski definition) is 0. The van der Waals surface area contributed by atoms with Crippen molar-refractivity contribution in [2.45, 2.75) is 6.54 Å². The molecule has 0 spiro atoms. The Morgan fingerprint density at radius 1 is 1.00 bits per heavy atom. The maximum absolute atomic E-state index is 4.52. The third-order valence-corrected chi connectivity index (χ3v) is 4.92. The first-order valence-corrected chi connectivity index (χ1v) is 8.58. The summed E-state index contributed by atoms with van der Waals surface area (Å²) in [6.45, 7) is 0.815. The zero-order valence-electron chi connectivity index (χ0n) is 13.3. The molecule has 4 aromatic rings. The topological polar surface area (TPSA) is 41.9 Å². The van der Waals surface area contributed by atoms with Gasteiger partial charge in [0, 0.05) is 36.9 Å². The van der Waals surface area contributed by atoms with Gasteiger partial charge in [0.1, 0.15) is 12.1 Å². The smallest absolute Gasteiger partial charge is 0.150 e. The molecule has 24 heavy (non-hydrogen) atoms. The van der Waals surface area contributed by atoms with E-state index >= 15 is 0 Å². The molecule has 0 atom stereocenters. The molecule has 0 bridgehead atoms. The standard InChI is InChI=1S/C19H16N4S/c1-23(11-14-5-3-2-4-6-14)19-18-17(21-13-22-19)16(12-24-18)15-7-9-20-10-8-15/h2-10,12-13H,11H2,1H3. The van der Waals surface area contributed by atoms with Crippen LogP contribution in [0.1, 0.15) is 5.56 Å². The number of benzene rings is 1. The fourth-order valence-corrected chi connectivity index (χ4v) is 3.85. The molecule has 0 aliphatic heterocycles. The fourth-order valence-electron chi connectivity index (χ4n) is 2.78. The number of fused-ring (bicyclic) bond motifs is 1. The molecule has 0 aliphatic carbocycles. The van der Waals surface area contributed by atoms with E-state index in [2.05, 4.69) is 56.5 Å². The number of pyridine rings is 1. The molecule has 3 aromatic heterocycles. The lowest BCUT2D eigenvalue weighted by atomic mass is 10.1. The summed E-state index contributed by atoms with van der Waals surface area (Å²) in [4.78, 5) is 15.3. The van der Waals surface area contributed by atoms with Crippen molar-refractivity contribution in [3.05, 3.63) is 72.1 Å². The van der Waals surface area contributed by atoms with Crippen LogP contribution in [0.5, 0.6) is 0 Å². The van der Waals surface area contributed by atoms with E-state index in [1.807, 2.05) is 30.6 Å². The predicted molar refractivity (Wildman–Crippen MR) is 99.2 cm³/mol. The van der Waals surface area contributed by atoms with Crippen LogP contribution in [0.15, 0.2) is 66.6 Å². The second-order valence-corrected chi connectivity index (χ2v) is 6.48. The van der Waals surface area contributed by atoms with Crippen LogP contribution in [0.3, 0.4) is 0 Å². The van der Waals surface area contributed by atoms with Crippen molar-refractivity contribution in [2.24, 2.45) is 0 Å². The van der Waals surface area contributed by atoms with E-state index < -0.39 is 0 Å². The highest BCUT2D eigenvalue weighted by molar-refractivity contribution is 7.18.